The maximum absolute atomic E-state index is 11.7. The van der Waals surface area contributed by atoms with Crippen molar-refractivity contribution in [3.8, 4) is 0 Å². The third-order valence-electron chi connectivity index (χ3n) is 2.20. The number of imide groups is 1. The predicted molar refractivity (Wildman–Crippen MR) is 78.9 cm³/mol. The summed E-state index contributed by atoms with van der Waals surface area (Å²) in [6.45, 7) is -0.403. The van der Waals surface area contributed by atoms with Crippen LogP contribution in [0.2, 0.25) is 0 Å². The van der Waals surface area contributed by atoms with E-state index in [1.807, 2.05) is 0 Å². The Morgan fingerprint density at radius 3 is 2.59 bits per heavy atom. The van der Waals surface area contributed by atoms with Gasteiger partial charge in [0.05, 0.1) is 6.26 Å². The Labute approximate surface area is 130 Å². The van der Waals surface area contributed by atoms with Gasteiger partial charge in [0.2, 0.25) is 10.0 Å². The first-order valence-corrected chi connectivity index (χ1v) is 8.68. The van der Waals surface area contributed by atoms with Crippen LogP contribution in [0, 0.1) is 0 Å². The Bertz CT molecular complexity index is 667. The number of sulfonamides is 1. The van der Waals surface area contributed by atoms with E-state index in [-0.39, 0.29) is 11.4 Å². The third-order valence-corrected chi connectivity index (χ3v) is 4.05. The first-order chi connectivity index (χ1) is 10.2. The van der Waals surface area contributed by atoms with Crippen molar-refractivity contribution in [1.82, 2.24) is 10.0 Å². The summed E-state index contributed by atoms with van der Waals surface area (Å²) in [4.78, 5) is 34.2. The highest BCUT2D eigenvalue weighted by atomic mass is 32.2. The highest BCUT2D eigenvalue weighted by Gasteiger charge is 2.13. The van der Waals surface area contributed by atoms with E-state index in [1.54, 1.807) is 11.4 Å². The molecule has 1 rings (SSSR count). The Kier molecular flexibility index (Phi) is 6.46. The number of urea groups is 1. The van der Waals surface area contributed by atoms with Gasteiger partial charge in [0.1, 0.15) is 4.88 Å². The smallest absolute Gasteiger partial charge is 0.348 e. The highest BCUT2D eigenvalue weighted by molar-refractivity contribution is 7.88. The van der Waals surface area contributed by atoms with Crippen LogP contribution in [0.4, 0.5) is 4.79 Å². The number of carbonyl (C=O) groups excluding carboxylic acids is 3. The van der Waals surface area contributed by atoms with Crippen molar-refractivity contribution in [2.75, 3.05) is 19.4 Å². The first-order valence-electron chi connectivity index (χ1n) is 5.97. The summed E-state index contributed by atoms with van der Waals surface area (Å²) in [5.41, 5.74) is 4.73. The lowest BCUT2D eigenvalue weighted by molar-refractivity contribution is -0.123. The van der Waals surface area contributed by atoms with Gasteiger partial charge in [-0.1, -0.05) is 0 Å². The molecule has 0 aromatic carbocycles. The number of rotatable bonds is 7. The van der Waals surface area contributed by atoms with Crippen molar-refractivity contribution in [2.24, 2.45) is 5.73 Å². The monoisotopic (exact) mass is 349 g/mol. The summed E-state index contributed by atoms with van der Waals surface area (Å²) < 4.78 is 28.9. The number of nitrogens with one attached hydrogen (secondary N) is 2. The van der Waals surface area contributed by atoms with E-state index >= 15 is 0 Å². The highest BCUT2D eigenvalue weighted by Crippen LogP contribution is 2.17. The zero-order chi connectivity index (χ0) is 16.8. The molecule has 0 aliphatic carbocycles. The number of hydrogen-bond donors (Lipinski definition) is 3. The van der Waals surface area contributed by atoms with Crippen LogP contribution in [0.15, 0.2) is 12.1 Å². The molecular formula is C11H15N3O6S2. The lowest BCUT2D eigenvalue weighted by Gasteiger charge is -2.02. The molecule has 3 amide bonds. The van der Waals surface area contributed by atoms with Gasteiger partial charge in [0.15, 0.2) is 6.61 Å². The van der Waals surface area contributed by atoms with Crippen LogP contribution in [0.25, 0.3) is 0 Å². The number of ether oxygens (including phenoxy) is 1. The van der Waals surface area contributed by atoms with Crippen LogP contribution in [-0.4, -0.2) is 45.7 Å². The summed E-state index contributed by atoms with van der Waals surface area (Å²) in [5, 5.41) is 1.76. The normalized spacial score (nSPS) is 11.0. The van der Waals surface area contributed by atoms with Gasteiger partial charge < -0.3 is 10.5 Å². The second kappa shape index (κ2) is 7.87. The summed E-state index contributed by atoms with van der Waals surface area (Å²) >= 11 is 1.12. The van der Waals surface area contributed by atoms with Gasteiger partial charge in [-0.05, 0) is 18.6 Å². The molecule has 1 aromatic rings. The van der Waals surface area contributed by atoms with Crippen LogP contribution >= 0.6 is 11.3 Å². The van der Waals surface area contributed by atoms with Gasteiger partial charge in [-0.15, -0.1) is 11.3 Å². The van der Waals surface area contributed by atoms with E-state index in [2.05, 4.69) is 4.72 Å². The van der Waals surface area contributed by atoms with Gasteiger partial charge in [0.25, 0.3) is 5.91 Å². The molecule has 0 saturated carbocycles. The van der Waals surface area contributed by atoms with Gasteiger partial charge in [0, 0.05) is 11.4 Å². The molecule has 4 N–H and O–H groups in total. The Balaban J connectivity index is 2.44. The molecule has 0 atom stereocenters. The van der Waals surface area contributed by atoms with Gasteiger partial charge in [-0.2, -0.15) is 0 Å². The molecule has 0 spiro atoms. The van der Waals surface area contributed by atoms with E-state index in [0.29, 0.717) is 6.42 Å². The molecule has 0 bridgehead atoms. The van der Waals surface area contributed by atoms with E-state index in [0.717, 1.165) is 22.5 Å². The molecule has 0 unspecified atom stereocenters. The molecule has 122 valence electrons. The Morgan fingerprint density at radius 2 is 2.00 bits per heavy atom. The second-order valence-corrected chi connectivity index (χ2v) is 7.17. The number of hydrogen-bond acceptors (Lipinski definition) is 7. The zero-order valence-electron chi connectivity index (χ0n) is 11.6. The number of nitrogens with two attached hydrogens (primary N) is 1. The van der Waals surface area contributed by atoms with Gasteiger partial charge >= 0.3 is 12.0 Å². The molecule has 0 fully saturated rings. The first kappa shape index (κ1) is 18.1. The van der Waals surface area contributed by atoms with Gasteiger partial charge in [-0.25, -0.2) is 22.7 Å². The predicted octanol–water partition coefficient (Wildman–Crippen LogP) is -0.808. The largest absolute Gasteiger partial charge is 0.451 e. The summed E-state index contributed by atoms with van der Waals surface area (Å²) in [7, 11) is -3.25. The summed E-state index contributed by atoms with van der Waals surface area (Å²) in [6.07, 6.45) is 1.48. The SMILES string of the molecule is CS(=O)(=O)NCCc1ccc(C(=O)OCC(=O)NC(N)=O)s1. The maximum atomic E-state index is 11.7. The van der Waals surface area contributed by atoms with E-state index in [1.165, 1.54) is 6.07 Å². The quantitative estimate of drug-likeness (QED) is 0.549. The fourth-order valence-corrected chi connectivity index (χ4v) is 2.73. The molecule has 0 radical (unpaired) electrons. The Morgan fingerprint density at radius 1 is 1.32 bits per heavy atom. The van der Waals surface area contributed by atoms with Gasteiger partial charge in [-0.3, -0.25) is 10.1 Å². The molecule has 11 heteroatoms. The van der Waals surface area contributed by atoms with E-state index in [4.69, 9.17) is 10.5 Å². The average Bonchev–Trinajstić information content (AvgIpc) is 2.82. The molecule has 9 nitrogen and oxygen atoms in total. The van der Waals surface area contributed by atoms with Crippen molar-refractivity contribution in [3.63, 3.8) is 0 Å². The molecule has 1 heterocycles. The number of primary amides is 1. The number of amides is 3. The molecule has 0 aliphatic heterocycles. The molecule has 22 heavy (non-hydrogen) atoms. The van der Waals surface area contributed by atoms with Crippen molar-refractivity contribution < 1.29 is 27.5 Å². The molecule has 0 aliphatic rings. The zero-order valence-corrected chi connectivity index (χ0v) is 13.3. The maximum Gasteiger partial charge on any atom is 0.348 e. The van der Waals surface area contributed by atoms with E-state index < -0.39 is 34.5 Å². The minimum absolute atomic E-state index is 0.217. The Hall–Kier alpha value is -1.98. The van der Waals surface area contributed by atoms with Crippen LogP contribution in [0.3, 0.4) is 0 Å². The van der Waals surface area contributed by atoms with Crippen LogP contribution < -0.4 is 15.8 Å². The van der Waals surface area contributed by atoms with Crippen LogP contribution in [0.5, 0.6) is 0 Å². The van der Waals surface area contributed by atoms with Crippen molar-refractivity contribution >= 4 is 39.3 Å². The minimum Gasteiger partial charge on any atom is -0.451 e. The minimum atomic E-state index is -3.25. The lowest BCUT2D eigenvalue weighted by Crippen LogP contribution is -2.37. The second-order valence-electron chi connectivity index (χ2n) is 4.17. The summed E-state index contributed by atoms with van der Waals surface area (Å²) in [6, 6.07) is 2.14. The van der Waals surface area contributed by atoms with Crippen LogP contribution in [0.1, 0.15) is 14.5 Å². The standard InChI is InChI=1S/C11H15N3O6S2/c1-22(18,19)13-5-4-7-2-3-8(21-7)10(16)20-6-9(15)14-11(12)17/h2-3,13H,4-6H2,1H3,(H3,12,14,15,17). The fraction of sp³-hybridized carbons (Fsp3) is 0.364. The summed E-state index contributed by atoms with van der Waals surface area (Å²) in [5.74, 6) is -1.54. The fourth-order valence-electron chi connectivity index (χ4n) is 1.36. The molecule has 0 saturated heterocycles. The lowest BCUT2D eigenvalue weighted by atomic mass is 10.3. The van der Waals surface area contributed by atoms with Crippen LogP contribution in [-0.2, 0) is 26.0 Å². The van der Waals surface area contributed by atoms with Crippen molar-refractivity contribution in [3.05, 3.63) is 21.9 Å². The third kappa shape index (κ3) is 7.15. The molecule has 1 aromatic heterocycles. The number of thiophene rings is 1. The number of esters is 1. The molecular weight excluding hydrogens is 334 g/mol. The number of carbonyl (C=O) groups is 3. The average molecular weight is 349 g/mol. The van der Waals surface area contributed by atoms with Crippen molar-refractivity contribution in [1.29, 1.82) is 0 Å². The van der Waals surface area contributed by atoms with E-state index in [9.17, 15) is 22.8 Å². The topological polar surface area (TPSA) is 145 Å². The van der Waals surface area contributed by atoms with Crippen molar-refractivity contribution in [2.45, 2.75) is 6.42 Å².